The molecule has 0 unspecified atom stereocenters. The number of hydrogen-bond acceptors (Lipinski definition) is 2. The molecule has 1 N–H and O–H groups in total. The van der Waals surface area contributed by atoms with Crippen LogP contribution in [-0.2, 0) is 6.42 Å². The van der Waals surface area contributed by atoms with Gasteiger partial charge in [-0.3, -0.25) is 0 Å². The van der Waals surface area contributed by atoms with E-state index in [2.05, 4.69) is 63.5 Å². The molecule has 1 aromatic heterocycles. The lowest BCUT2D eigenvalue weighted by atomic mass is 10.1. The van der Waals surface area contributed by atoms with E-state index in [1.54, 1.807) is 6.20 Å². The molecule has 0 fully saturated rings. The van der Waals surface area contributed by atoms with Crippen LogP contribution in [-0.4, -0.2) is 4.98 Å². The van der Waals surface area contributed by atoms with Gasteiger partial charge in [0.1, 0.15) is 5.82 Å². The summed E-state index contributed by atoms with van der Waals surface area (Å²) in [6, 6.07) is 10.6. The molecule has 94 valence electrons. The third-order valence-corrected chi connectivity index (χ3v) is 3.23. The minimum absolute atomic E-state index is 0.904. The Labute approximate surface area is 117 Å². The number of benzene rings is 1. The van der Waals surface area contributed by atoms with Crippen LogP contribution in [0.5, 0.6) is 0 Å². The molecule has 0 saturated heterocycles. The number of rotatable bonds is 4. The van der Waals surface area contributed by atoms with Crippen LogP contribution >= 0.6 is 15.9 Å². The molecule has 0 amide bonds. The molecule has 18 heavy (non-hydrogen) atoms. The molecule has 0 aliphatic carbocycles. The number of nitrogens with one attached hydrogen (secondary N) is 1. The molecule has 2 nitrogen and oxygen atoms in total. The Kier molecular flexibility index (Phi) is 4.37. The standard InChI is InChI=1S/C15H17BrN2/c1-3-4-12-5-7-14(8-6-12)18-15-11(2)9-13(16)10-17-15/h5-10H,3-4H2,1-2H3,(H,17,18). The Balaban J connectivity index is 2.13. The Morgan fingerprint density at radius 3 is 2.56 bits per heavy atom. The van der Waals surface area contributed by atoms with Gasteiger partial charge in [-0.05, 0) is 58.6 Å². The number of nitrogens with zero attached hydrogens (tertiary/aromatic N) is 1. The summed E-state index contributed by atoms with van der Waals surface area (Å²) in [6.07, 6.45) is 4.12. The summed E-state index contributed by atoms with van der Waals surface area (Å²) in [5.74, 6) is 0.904. The first kappa shape index (κ1) is 13.1. The van der Waals surface area contributed by atoms with Crippen LogP contribution in [0.2, 0.25) is 0 Å². The summed E-state index contributed by atoms with van der Waals surface area (Å²) >= 11 is 3.42. The van der Waals surface area contributed by atoms with Gasteiger partial charge in [-0.1, -0.05) is 25.5 Å². The van der Waals surface area contributed by atoms with E-state index in [4.69, 9.17) is 0 Å². The van der Waals surface area contributed by atoms with Crippen LogP contribution in [0, 0.1) is 6.92 Å². The summed E-state index contributed by atoms with van der Waals surface area (Å²) in [5.41, 5.74) is 3.58. The lowest BCUT2D eigenvalue weighted by Crippen LogP contribution is -1.96. The third kappa shape index (κ3) is 3.33. The van der Waals surface area contributed by atoms with Crippen molar-refractivity contribution in [2.45, 2.75) is 26.7 Å². The summed E-state index contributed by atoms with van der Waals surface area (Å²) in [6.45, 7) is 4.24. The normalized spacial score (nSPS) is 10.4. The maximum Gasteiger partial charge on any atom is 0.133 e. The van der Waals surface area contributed by atoms with E-state index in [0.717, 1.165) is 28.0 Å². The van der Waals surface area contributed by atoms with Crippen LogP contribution in [0.3, 0.4) is 0 Å². The minimum atomic E-state index is 0.904. The van der Waals surface area contributed by atoms with Crippen molar-refractivity contribution in [3.05, 3.63) is 52.1 Å². The smallest absolute Gasteiger partial charge is 0.133 e. The van der Waals surface area contributed by atoms with Crippen molar-refractivity contribution in [2.75, 3.05) is 5.32 Å². The highest BCUT2D eigenvalue weighted by molar-refractivity contribution is 9.10. The molecule has 3 heteroatoms. The topological polar surface area (TPSA) is 24.9 Å². The largest absolute Gasteiger partial charge is 0.340 e. The summed E-state index contributed by atoms with van der Waals surface area (Å²) in [7, 11) is 0. The maximum absolute atomic E-state index is 4.37. The monoisotopic (exact) mass is 304 g/mol. The van der Waals surface area contributed by atoms with Crippen LogP contribution in [0.1, 0.15) is 24.5 Å². The minimum Gasteiger partial charge on any atom is -0.340 e. The van der Waals surface area contributed by atoms with Gasteiger partial charge in [-0.2, -0.15) is 0 Å². The van der Waals surface area contributed by atoms with Crippen molar-refractivity contribution < 1.29 is 0 Å². The number of aryl methyl sites for hydroxylation is 2. The fourth-order valence-electron chi connectivity index (χ4n) is 1.85. The predicted octanol–water partition coefficient (Wildman–Crippen LogP) is 4.85. The first-order valence-electron chi connectivity index (χ1n) is 6.17. The predicted molar refractivity (Wildman–Crippen MR) is 80.4 cm³/mol. The number of hydrogen-bond donors (Lipinski definition) is 1. The maximum atomic E-state index is 4.37. The SMILES string of the molecule is CCCc1ccc(Nc2ncc(Br)cc2C)cc1. The van der Waals surface area contributed by atoms with Gasteiger partial charge in [0, 0.05) is 16.4 Å². The van der Waals surface area contributed by atoms with E-state index in [-0.39, 0.29) is 0 Å². The van der Waals surface area contributed by atoms with Crippen LogP contribution in [0.15, 0.2) is 41.0 Å². The average Bonchev–Trinajstić information content (AvgIpc) is 2.35. The van der Waals surface area contributed by atoms with Gasteiger partial charge >= 0.3 is 0 Å². The number of halogens is 1. The highest BCUT2D eigenvalue weighted by atomic mass is 79.9. The van der Waals surface area contributed by atoms with Crippen LogP contribution in [0.25, 0.3) is 0 Å². The van der Waals surface area contributed by atoms with Gasteiger partial charge in [0.2, 0.25) is 0 Å². The number of anilines is 2. The zero-order valence-corrected chi connectivity index (χ0v) is 12.3. The summed E-state index contributed by atoms with van der Waals surface area (Å²) < 4.78 is 1.00. The van der Waals surface area contributed by atoms with Crippen molar-refractivity contribution in [3.8, 4) is 0 Å². The molecule has 1 heterocycles. The molecule has 0 saturated carbocycles. The Hall–Kier alpha value is -1.35. The van der Waals surface area contributed by atoms with Crippen molar-refractivity contribution in [1.29, 1.82) is 0 Å². The van der Waals surface area contributed by atoms with Crippen molar-refractivity contribution in [1.82, 2.24) is 4.98 Å². The Morgan fingerprint density at radius 2 is 1.94 bits per heavy atom. The molecule has 2 rings (SSSR count). The Morgan fingerprint density at radius 1 is 1.22 bits per heavy atom. The van der Waals surface area contributed by atoms with E-state index >= 15 is 0 Å². The molecule has 0 radical (unpaired) electrons. The van der Waals surface area contributed by atoms with Crippen LogP contribution < -0.4 is 5.32 Å². The zero-order chi connectivity index (χ0) is 13.0. The summed E-state index contributed by atoms with van der Waals surface area (Å²) in [5, 5.41) is 3.34. The molecule has 0 aliphatic heterocycles. The molecule has 0 atom stereocenters. The molecule has 0 bridgehead atoms. The lowest BCUT2D eigenvalue weighted by molar-refractivity contribution is 0.922. The van der Waals surface area contributed by atoms with E-state index in [9.17, 15) is 0 Å². The fourth-order valence-corrected chi connectivity index (χ4v) is 2.30. The van der Waals surface area contributed by atoms with E-state index in [1.807, 2.05) is 6.92 Å². The van der Waals surface area contributed by atoms with Gasteiger partial charge in [-0.15, -0.1) is 0 Å². The molecule has 2 aromatic rings. The molecule has 0 spiro atoms. The second-order valence-corrected chi connectivity index (χ2v) is 5.31. The highest BCUT2D eigenvalue weighted by Gasteiger charge is 2.01. The van der Waals surface area contributed by atoms with E-state index < -0.39 is 0 Å². The quantitative estimate of drug-likeness (QED) is 0.873. The number of pyridine rings is 1. The molecular formula is C15H17BrN2. The van der Waals surface area contributed by atoms with Crippen molar-refractivity contribution >= 4 is 27.4 Å². The number of aromatic nitrogens is 1. The van der Waals surface area contributed by atoms with Gasteiger partial charge in [-0.25, -0.2) is 4.98 Å². The Bertz CT molecular complexity index is 521. The van der Waals surface area contributed by atoms with Gasteiger partial charge < -0.3 is 5.32 Å². The van der Waals surface area contributed by atoms with Crippen molar-refractivity contribution in [2.24, 2.45) is 0 Å². The summed E-state index contributed by atoms with van der Waals surface area (Å²) in [4.78, 5) is 4.37. The second kappa shape index (κ2) is 6.01. The van der Waals surface area contributed by atoms with Crippen molar-refractivity contribution in [3.63, 3.8) is 0 Å². The second-order valence-electron chi connectivity index (χ2n) is 4.39. The van der Waals surface area contributed by atoms with E-state index in [0.29, 0.717) is 0 Å². The van der Waals surface area contributed by atoms with Gasteiger partial charge in [0.05, 0.1) is 0 Å². The third-order valence-electron chi connectivity index (χ3n) is 2.80. The first-order chi connectivity index (χ1) is 8.69. The molecular weight excluding hydrogens is 288 g/mol. The molecule has 1 aromatic carbocycles. The van der Waals surface area contributed by atoms with E-state index in [1.165, 1.54) is 12.0 Å². The van der Waals surface area contributed by atoms with Gasteiger partial charge in [0.15, 0.2) is 0 Å². The highest BCUT2D eigenvalue weighted by Crippen LogP contribution is 2.21. The zero-order valence-electron chi connectivity index (χ0n) is 10.7. The van der Waals surface area contributed by atoms with Gasteiger partial charge in [0.25, 0.3) is 0 Å². The average molecular weight is 305 g/mol. The molecule has 0 aliphatic rings. The lowest BCUT2D eigenvalue weighted by Gasteiger charge is -2.09. The fraction of sp³-hybridized carbons (Fsp3) is 0.267. The first-order valence-corrected chi connectivity index (χ1v) is 6.96. The van der Waals surface area contributed by atoms with Crippen LogP contribution in [0.4, 0.5) is 11.5 Å².